The second kappa shape index (κ2) is 3.97. The number of hydrogen-bond acceptors (Lipinski definition) is 4. The van der Waals surface area contributed by atoms with Crippen molar-refractivity contribution in [3.63, 3.8) is 0 Å². The number of nitrogens with zero attached hydrogens (tertiary/aromatic N) is 2. The molecule has 0 atom stereocenters. The van der Waals surface area contributed by atoms with Crippen molar-refractivity contribution in [2.45, 2.75) is 25.3 Å². The molecule has 0 saturated heterocycles. The highest BCUT2D eigenvalue weighted by Crippen LogP contribution is 2.17. The van der Waals surface area contributed by atoms with E-state index in [1.54, 1.807) is 12.4 Å². The van der Waals surface area contributed by atoms with Crippen molar-refractivity contribution >= 4 is 5.95 Å². The molecule has 4 nitrogen and oxygen atoms in total. The summed E-state index contributed by atoms with van der Waals surface area (Å²) in [6.07, 6.45) is 7.01. The van der Waals surface area contributed by atoms with Crippen LogP contribution in [0.15, 0.2) is 12.4 Å². The van der Waals surface area contributed by atoms with Gasteiger partial charge in [0.1, 0.15) is 0 Å². The highest BCUT2D eigenvalue weighted by Gasteiger charge is 2.14. The first-order valence-corrected chi connectivity index (χ1v) is 4.68. The third-order valence-electron chi connectivity index (χ3n) is 2.26. The van der Waals surface area contributed by atoms with E-state index in [1.165, 1.54) is 19.3 Å². The summed E-state index contributed by atoms with van der Waals surface area (Å²) in [7, 11) is 0. The Hall–Kier alpha value is -1.76. The summed E-state index contributed by atoms with van der Waals surface area (Å²) in [6, 6.07) is 3.48. The summed E-state index contributed by atoms with van der Waals surface area (Å²) in [5.74, 6) is 3.21. The van der Waals surface area contributed by atoms with Crippen molar-refractivity contribution < 1.29 is 0 Å². The van der Waals surface area contributed by atoms with Crippen molar-refractivity contribution in [3.05, 3.63) is 18.0 Å². The van der Waals surface area contributed by atoms with Crippen molar-refractivity contribution in [1.82, 2.24) is 15.3 Å². The number of nitrogen functional groups attached to an aromatic ring is 1. The summed E-state index contributed by atoms with van der Waals surface area (Å²) in [5.41, 5.74) is 6.13. The fraction of sp³-hybridized carbons (Fsp3) is 0.400. The van der Waals surface area contributed by atoms with Crippen LogP contribution in [0.25, 0.3) is 0 Å². The minimum Gasteiger partial charge on any atom is -0.368 e. The lowest BCUT2D eigenvalue weighted by Crippen LogP contribution is -2.31. The normalized spacial score (nSPS) is 15.1. The van der Waals surface area contributed by atoms with Crippen molar-refractivity contribution in [2.75, 3.05) is 5.73 Å². The Morgan fingerprint density at radius 1 is 1.36 bits per heavy atom. The fourth-order valence-electron chi connectivity index (χ4n) is 1.17. The van der Waals surface area contributed by atoms with Gasteiger partial charge in [-0.3, -0.25) is 0 Å². The second-order valence-electron chi connectivity index (χ2n) is 3.35. The van der Waals surface area contributed by atoms with Crippen LogP contribution in [-0.2, 0) is 0 Å². The highest BCUT2D eigenvalue weighted by molar-refractivity contribution is 5.31. The molecule has 1 saturated carbocycles. The van der Waals surface area contributed by atoms with Gasteiger partial charge in [-0.2, -0.15) is 0 Å². The molecular formula is C10H12N4. The van der Waals surface area contributed by atoms with E-state index < -0.39 is 0 Å². The topological polar surface area (TPSA) is 63.8 Å². The number of anilines is 1. The molecule has 0 radical (unpaired) electrons. The predicted octanol–water partition coefficient (Wildman–Crippen LogP) is 0.510. The molecule has 0 bridgehead atoms. The smallest absolute Gasteiger partial charge is 0.219 e. The molecule has 14 heavy (non-hydrogen) atoms. The molecule has 0 unspecified atom stereocenters. The maximum absolute atomic E-state index is 5.35. The molecule has 1 aliphatic carbocycles. The van der Waals surface area contributed by atoms with E-state index in [0.29, 0.717) is 6.04 Å². The van der Waals surface area contributed by atoms with E-state index in [9.17, 15) is 0 Å². The molecule has 1 aromatic heterocycles. The lowest BCUT2D eigenvalue weighted by atomic mass is 9.93. The summed E-state index contributed by atoms with van der Waals surface area (Å²) < 4.78 is 0. The van der Waals surface area contributed by atoms with Crippen LogP contribution < -0.4 is 11.1 Å². The van der Waals surface area contributed by atoms with Crippen LogP contribution in [0.2, 0.25) is 0 Å². The number of rotatable bonds is 1. The minimum absolute atomic E-state index is 0.280. The largest absolute Gasteiger partial charge is 0.368 e. The average molecular weight is 188 g/mol. The van der Waals surface area contributed by atoms with Crippen LogP contribution >= 0.6 is 0 Å². The van der Waals surface area contributed by atoms with Gasteiger partial charge in [-0.25, -0.2) is 9.97 Å². The van der Waals surface area contributed by atoms with Gasteiger partial charge in [-0.1, -0.05) is 0 Å². The van der Waals surface area contributed by atoms with E-state index in [-0.39, 0.29) is 5.95 Å². The summed E-state index contributed by atoms with van der Waals surface area (Å²) in [5, 5.41) is 3.13. The summed E-state index contributed by atoms with van der Waals surface area (Å²) in [6.45, 7) is 0. The zero-order valence-corrected chi connectivity index (χ0v) is 7.83. The number of aromatic nitrogens is 2. The molecule has 1 fully saturated rings. The molecule has 0 aromatic carbocycles. The van der Waals surface area contributed by atoms with Gasteiger partial charge in [0.2, 0.25) is 5.95 Å². The molecule has 0 aliphatic heterocycles. The first-order valence-electron chi connectivity index (χ1n) is 4.68. The summed E-state index contributed by atoms with van der Waals surface area (Å²) >= 11 is 0. The van der Waals surface area contributed by atoms with Gasteiger partial charge in [0.05, 0.1) is 5.56 Å². The van der Waals surface area contributed by atoms with Crippen LogP contribution in [-0.4, -0.2) is 16.0 Å². The van der Waals surface area contributed by atoms with E-state index in [4.69, 9.17) is 5.73 Å². The van der Waals surface area contributed by atoms with Crippen LogP contribution in [0.5, 0.6) is 0 Å². The molecular weight excluding hydrogens is 176 g/mol. The Morgan fingerprint density at radius 3 is 2.64 bits per heavy atom. The minimum atomic E-state index is 0.280. The standard InChI is InChI=1S/C10H12N4/c11-10-13-6-8(7-14-10)4-5-12-9-2-1-3-9/h6-7,9,12H,1-3H2,(H2,11,13,14). The van der Waals surface area contributed by atoms with Crippen molar-refractivity contribution in [1.29, 1.82) is 0 Å². The predicted molar refractivity (Wildman–Crippen MR) is 54.1 cm³/mol. The summed E-state index contributed by atoms with van der Waals surface area (Å²) in [4.78, 5) is 7.69. The molecule has 1 aromatic rings. The molecule has 4 heteroatoms. The molecule has 0 spiro atoms. The maximum atomic E-state index is 5.35. The Kier molecular flexibility index (Phi) is 2.50. The third kappa shape index (κ3) is 2.13. The molecule has 0 amide bonds. The van der Waals surface area contributed by atoms with Crippen LogP contribution in [0.4, 0.5) is 5.95 Å². The molecule has 1 aliphatic rings. The van der Waals surface area contributed by atoms with Crippen molar-refractivity contribution in [3.8, 4) is 12.0 Å². The zero-order valence-electron chi connectivity index (χ0n) is 7.83. The van der Waals surface area contributed by atoms with E-state index >= 15 is 0 Å². The van der Waals surface area contributed by atoms with Crippen LogP contribution in [0.1, 0.15) is 24.8 Å². The quantitative estimate of drug-likeness (QED) is 0.498. The molecule has 3 N–H and O–H groups in total. The Morgan fingerprint density at radius 2 is 2.07 bits per heavy atom. The molecule has 1 heterocycles. The highest BCUT2D eigenvalue weighted by atomic mass is 15.0. The fourth-order valence-corrected chi connectivity index (χ4v) is 1.17. The third-order valence-corrected chi connectivity index (χ3v) is 2.26. The molecule has 72 valence electrons. The van der Waals surface area contributed by atoms with E-state index in [0.717, 1.165) is 5.56 Å². The van der Waals surface area contributed by atoms with Crippen molar-refractivity contribution in [2.24, 2.45) is 0 Å². The second-order valence-corrected chi connectivity index (χ2v) is 3.35. The average Bonchev–Trinajstić information content (AvgIpc) is 2.12. The van der Waals surface area contributed by atoms with Gasteiger partial charge in [0.25, 0.3) is 0 Å². The lowest BCUT2D eigenvalue weighted by Gasteiger charge is -2.23. The Balaban J connectivity index is 1.91. The zero-order chi connectivity index (χ0) is 9.80. The number of nitrogens with one attached hydrogen (secondary N) is 1. The first kappa shape index (κ1) is 8.82. The Bertz CT molecular complexity index is 356. The monoisotopic (exact) mass is 188 g/mol. The van der Waals surface area contributed by atoms with Gasteiger partial charge in [0, 0.05) is 24.5 Å². The van der Waals surface area contributed by atoms with E-state index in [1.807, 2.05) is 0 Å². The Labute approximate surface area is 82.9 Å². The first-order chi connectivity index (χ1) is 6.84. The number of nitrogens with two attached hydrogens (primary N) is 1. The van der Waals surface area contributed by atoms with Gasteiger partial charge < -0.3 is 11.1 Å². The van der Waals surface area contributed by atoms with Gasteiger partial charge in [-0.15, -0.1) is 0 Å². The van der Waals surface area contributed by atoms with E-state index in [2.05, 4.69) is 27.2 Å². The SMILES string of the molecule is Nc1ncc(C#CNC2CCC2)cn1. The van der Waals surface area contributed by atoms with Crippen LogP contribution in [0.3, 0.4) is 0 Å². The van der Waals surface area contributed by atoms with Gasteiger partial charge >= 0.3 is 0 Å². The van der Waals surface area contributed by atoms with Gasteiger partial charge in [0.15, 0.2) is 0 Å². The van der Waals surface area contributed by atoms with Gasteiger partial charge in [-0.05, 0) is 25.2 Å². The lowest BCUT2D eigenvalue weighted by molar-refractivity contribution is 0.378. The van der Waals surface area contributed by atoms with Crippen LogP contribution in [0, 0.1) is 12.0 Å². The number of hydrogen-bond donors (Lipinski definition) is 2. The maximum Gasteiger partial charge on any atom is 0.219 e. The molecule has 2 rings (SSSR count).